The Balaban J connectivity index is 1.83. The second-order valence-electron chi connectivity index (χ2n) is 4.97. The first-order chi connectivity index (χ1) is 9.08. The van der Waals surface area contributed by atoms with Gasteiger partial charge in [-0.2, -0.15) is 0 Å². The SMILES string of the molecule is O=C(O)C1CC(CCC2SCCS2)CCN1C(=O)O. The van der Waals surface area contributed by atoms with Gasteiger partial charge in [-0.3, -0.25) is 4.90 Å². The van der Waals surface area contributed by atoms with Gasteiger partial charge in [-0.25, -0.2) is 9.59 Å². The zero-order chi connectivity index (χ0) is 13.8. The van der Waals surface area contributed by atoms with Crippen LogP contribution >= 0.6 is 23.5 Å². The van der Waals surface area contributed by atoms with Crippen LogP contribution in [0.5, 0.6) is 0 Å². The van der Waals surface area contributed by atoms with Gasteiger partial charge >= 0.3 is 12.1 Å². The molecular formula is C12H19NO4S2. The van der Waals surface area contributed by atoms with Gasteiger partial charge in [0.1, 0.15) is 6.04 Å². The predicted molar refractivity (Wildman–Crippen MR) is 76.8 cm³/mol. The molecule has 0 spiro atoms. The van der Waals surface area contributed by atoms with Gasteiger partial charge in [0.05, 0.1) is 4.58 Å². The van der Waals surface area contributed by atoms with Crippen LogP contribution in [0.4, 0.5) is 4.79 Å². The average Bonchev–Trinajstić information content (AvgIpc) is 2.88. The molecule has 108 valence electrons. The van der Waals surface area contributed by atoms with Crippen molar-refractivity contribution in [2.45, 2.75) is 36.3 Å². The summed E-state index contributed by atoms with van der Waals surface area (Å²) in [6.45, 7) is 0.349. The first kappa shape index (κ1) is 14.8. The molecule has 0 radical (unpaired) electrons. The lowest BCUT2D eigenvalue weighted by Crippen LogP contribution is -2.49. The highest BCUT2D eigenvalue weighted by Gasteiger charge is 2.36. The van der Waals surface area contributed by atoms with Gasteiger partial charge in [-0.05, 0) is 31.6 Å². The summed E-state index contributed by atoms with van der Waals surface area (Å²) in [4.78, 5) is 23.2. The van der Waals surface area contributed by atoms with Crippen LogP contribution in [0.3, 0.4) is 0 Å². The van der Waals surface area contributed by atoms with E-state index in [2.05, 4.69) is 0 Å². The highest BCUT2D eigenvalue weighted by atomic mass is 32.2. The van der Waals surface area contributed by atoms with Gasteiger partial charge in [-0.15, -0.1) is 23.5 Å². The molecule has 7 heteroatoms. The lowest BCUT2D eigenvalue weighted by Gasteiger charge is -2.35. The fourth-order valence-corrected chi connectivity index (χ4v) is 5.57. The number of aliphatic carboxylic acids is 1. The molecule has 0 bridgehead atoms. The Kier molecular flexibility index (Phi) is 5.27. The number of carboxylic acid groups (broad SMARTS) is 2. The smallest absolute Gasteiger partial charge is 0.408 e. The third-order valence-electron chi connectivity index (χ3n) is 3.74. The highest BCUT2D eigenvalue weighted by molar-refractivity contribution is 8.20. The Labute approximate surface area is 121 Å². The molecular weight excluding hydrogens is 286 g/mol. The minimum Gasteiger partial charge on any atom is -0.480 e. The Morgan fingerprint density at radius 1 is 1.16 bits per heavy atom. The Morgan fingerprint density at radius 2 is 1.84 bits per heavy atom. The van der Waals surface area contributed by atoms with Crippen molar-refractivity contribution < 1.29 is 19.8 Å². The molecule has 0 aromatic rings. The Hall–Kier alpha value is -0.560. The summed E-state index contributed by atoms with van der Waals surface area (Å²) in [5.41, 5.74) is 0. The zero-order valence-corrected chi connectivity index (χ0v) is 12.3. The van der Waals surface area contributed by atoms with E-state index >= 15 is 0 Å². The van der Waals surface area contributed by atoms with Crippen LogP contribution < -0.4 is 0 Å². The van der Waals surface area contributed by atoms with E-state index in [1.54, 1.807) is 0 Å². The quantitative estimate of drug-likeness (QED) is 0.830. The topological polar surface area (TPSA) is 77.8 Å². The molecule has 2 saturated heterocycles. The number of hydrogen-bond donors (Lipinski definition) is 2. The summed E-state index contributed by atoms with van der Waals surface area (Å²) < 4.78 is 0.654. The molecule has 0 aromatic heterocycles. The first-order valence-corrected chi connectivity index (χ1v) is 8.63. The number of piperidine rings is 1. The Morgan fingerprint density at radius 3 is 2.42 bits per heavy atom. The maximum absolute atomic E-state index is 11.2. The molecule has 2 fully saturated rings. The number of rotatable bonds is 4. The third kappa shape index (κ3) is 3.95. The highest BCUT2D eigenvalue weighted by Crippen LogP contribution is 2.37. The van der Waals surface area contributed by atoms with Crippen molar-refractivity contribution >= 4 is 35.6 Å². The lowest BCUT2D eigenvalue weighted by atomic mass is 9.88. The summed E-state index contributed by atoms with van der Waals surface area (Å²) in [5.74, 6) is 1.75. The molecule has 2 aliphatic rings. The van der Waals surface area contributed by atoms with Gasteiger partial charge in [-0.1, -0.05) is 0 Å². The lowest BCUT2D eigenvalue weighted by molar-refractivity contribution is -0.144. The van der Waals surface area contributed by atoms with E-state index in [0.717, 1.165) is 24.2 Å². The normalized spacial score (nSPS) is 28.5. The standard InChI is InChI=1S/C12H19NO4S2/c14-11(15)9-7-8(3-4-13(9)12(16)17)1-2-10-18-5-6-19-10/h8-10H,1-7H2,(H,14,15)(H,16,17). The van der Waals surface area contributed by atoms with Crippen molar-refractivity contribution in [2.24, 2.45) is 5.92 Å². The molecule has 2 heterocycles. The number of likely N-dealkylation sites (tertiary alicyclic amines) is 1. The summed E-state index contributed by atoms with van der Waals surface area (Å²) in [6, 6.07) is -0.861. The number of thioether (sulfide) groups is 2. The van der Waals surface area contributed by atoms with Crippen LogP contribution in [0, 0.1) is 5.92 Å². The van der Waals surface area contributed by atoms with E-state index in [4.69, 9.17) is 10.2 Å². The summed E-state index contributed by atoms with van der Waals surface area (Å²) >= 11 is 3.97. The predicted octanol–water partition coefficient (Wildman–Crippen LogP) is 2.42. The molecule has 2 unspecified atom stereocenters. The molecule has 0 aliphatic carbocycles. The van der Waals surface area contributed by atoms with Gasteiger partial charge < -0.3 is 10.2 Å². The maximum Gasteiger partial charge on any atom is 0.408 e. The fraction of sp³-hybridized carbons (Fsp3) is 0.833. The monoisotopic (exact) mass is 305 g/mol. The molecule has 2 N–H and O–H groups in total. The minimum absolute atomic E-state index is 0.346. The second kappa shape index (κ2) is 6.74. The molecule has 2 rings (SSSR count). The molecule has 1 amide bonds. The Bertz CT molecular complexity index is 347. The molecule has 19 heavy (non-hydrogen) atoms. The third-order valence-corrected chi connectivity index (χ3v) is 6.91. The van der Waals surface area contributed by atoms with Crippen LogP contribution in [0.25, 0.3) is 0 Å². The van der Waals surface area contributed by atoms with E-state index in [-0.39, 0.29) is 0 Å². The largest absolute Gasteiger partial charge is 0.480 e. The van der Waals surface area contributed by atoms with Gasteiger partial charge in [0.15, 0.2) is 0 Å². The van der Waals surface area contributed by atoms with Crippen molar-refractivity contribution in [1.29, 1.82) is 0 Å². The molecule has 2 atom stereocenters. The summed E-state index contributed by atoms with van der Waals surface area (Å²) in [6.07, 6.45) is 2.26. The number of nitrogens with zero attached hydrogens (tertiary/aromatic N) is 1. The zero-order valence-electron chi connectivity index (χ0n) is 10.7. The van der Waals surface area contributed by atoms with Gasteiger partial charge in [0.25, 0.3) is 0 Å². The number of carboxylic acids is 1. The fourth-order valence-electron chi connectivity index (χ4n) is 2.71. The molecule has 2 aliphatic heterocycles. The maximum atomic E-state index is 11.2. The van der Waals surface area contributed by atoms with Crippen LogP contribution in [0.1, 0.15) is 25.7 Å². The first-order valence-electron chi connectivity index (χ1n) is 6.53. The van der Waals surface area contributed by atoms with Gasteiger partial charge in [0.2, 0.25) is 0 Å². The number of amides is 1. The van der Waals surface area contributed by atoms with E-state index in [9.17, 15) is 9.59 Å². The van der Waals surface area contributed by atoms with E-state index < -0.39 is 18.1 Å². The number of carbonyl (C=O) groups is 2. The molecule has 5 nitrogen and oxygen atoms in total. The van der Waals surface area contributed by atoms with E-state index in [1.807, 2.05) is 23.5 Å². The summed E-state index contributed by atoms with van der Waals surface area (Å²) in [5, 5.41) is 18.1. The van der Waals surface area contributed by atoms with Crippen LogP contribution in [-0.2, 0) is 4.79 Å². The van der Waals surface area contributed by atoms with Crippen molar-refractivity contribution in [3.63, 3.8) is 0 Å². The van der Waals surface area contributed by atoms with Crippen LogP contribution in [0.2, 0.25) is 0 Å². The van der Waals surface area contributed by atoms with Gasteiger partial charge in [0, 0.05) is 18.1 Å². The van der Waals surface area contributed by atoms with Crippen LogP contribution in [0.15, 0.2) is 0 Å². The van der Waals surface area contributed by atoms with E-state index in [0.29, 0.717) is 23.5 Å². The van der Waals surface area contributed by atoms with Crippen molar-refractivity contribution in [1.82, 2.24) is 4.90 Å². The van der Waals surface area contributed by atoms with Crippen molar-refractivity contribution in [3.8, 4) is 0 Å². The second-order valence-corrected chi connectivity index (χ2v) is 7.89. The van der Waals surface area contributed by atoms with E-state index in [1.165, 1.54) is 11.5 Å². The summed E-state index contributed by atoms with van der Waals surface area (Å²) in [7, 11) is 0. The van der Waals surface area contributed by atoms with Crippen molar-refractivity contribution in [2.75, 3.05) is 18.1 Å². The average molecular weight is 305 g/mol. The van der Waals surface area contributed by atoms with Crippen molar-refractivity contribution in [3.05, 3.63) is 0 Å². The molecule has 0 saturated carbocycles. The number of hydrogen-bond acceptors (Lipinski definition) is 4. The minimum atomic E-state index is -1.12. The molecule has 0 aromatic carbocycles. The van der Waals surface area contributed by atoms with Crippen LogP contribution in [-0.4, -0.2) is 55.8 Å².